The van der Waals surface area contributed by atoms with E-state index in [9.17, 15) is 8.78 Å². The van der Waals surface area contributed by atoms with Crippen LogP contribution in [-0.4, -0.2) is 4.98 Å². The van der Waals surface area contributed by atoms with Crippen LogP contribution >= 0.6 is 0 Å². The molecule has 0 saturated carbocycles. The molecule has 0 aliphatic carbocycles. The molecule has 158 valence electrons. The van der Waals surface area contributed by atoms with E-state index in [0.29, 0.717) is 16.6 Å². The minimum absolute atomic E-state index is 0.0362. The van der Waals surface area contributed by atoms with E-state index in [-0.39, 0.29) is 5.56 Å². The summed E-state index contributed by atoms with van der Waals surface area (Å²) in [4.78, 5) is 4.63. The van der Waals surface area contributed by atoms with Gasteiger partial charge in [0.2, 0.25) is 0 Å². The highest BCUT2D eigenvalue weighted by Gasteiger charge is 2.16. The van der Waals surface area contributed by atoms with Crippen LogP contribution in [0.4, 0.5) is 8.78 Å². The lowest BCUT2D eigenvalue weighted by atomic mass is 9.94. The molecule has 1 nitrogen and oxygen atoms in total. The van der Waals surface area contributed by atoms with Gasteiger partial charge in [0.25, 0.3) is 6.43 Å². The van der Waals surface area contributed by atoms with Gasteiger partial charge in [0.15, 0.2) is 0 Å². The van der Waals surface area contributed by atoms with Crippen LogP contribution in [-0.2, 0) is 0 Å². The second-order valence-corrected chi connectivity index (χ2v) is 8.21. The van der Waals surface area contributed by atoms with Gasteiger partial charge in [-0.25, -0.2) is 8.78 Å². The Morgan fingerprint density at radius 3 is 2.15 bits per heavy atom. The molecule has 0 aliphatic heterocycles. The Hall–Kier alpha value is -4.11. The summed E-state index contributed by atoms with van der Waals surface area (Å²) in [5.74, 6) is 0. The van der Waals surface area contributed by atoms with Gasteiger partial charge in [-0.1, -0.05) is 78.9 Å². The number of nitrogens with zero attached hydrogens (tertiary/aromatic N) is 1. The second kappa shape index (κ2) is 7.79. The molecule has 6 aromatic rings. The molecule has 1 heterocycles. The number of hydrogen-bond acceptors (Lipinski definition) is 1. The zero-order valence-corrected chi connectivity index (χ0v) is 17.7. The van der Waals surface area contributed by atoms with E-state index < -0.39 is 6.43 Å². The van der Waals surface area contributed by atoms with E-state index in [2.05, 4.69) is 41.4 Å². The molecular weight excluding hydrogens is 412 g/mol. The molecule has 0 spiro atoms. The highest BCUT2D eigenvalue weighted by atomic mass is 19.3. The van der Waals surface area contributed by atoms with Crippen molar-refractivity contribution in [1.82, 2.24) is 4.98 Å². The first-order valence-corrected chi connectivity index (χ1v) is 10.9. The second-order valence-electron chi connectivity index (χ2n) is 8.21. The molecule has 0 bridgehead atoms. The molecular formula is C30H19F2N. The molecule has 5 aromatic carbocycles. The first-order chi connectivity index (χ1) is 16.2. The number of pyridine rings is 1. The number of rotatable bonds is 3. The van der Waals surface area contributed by atoms with Crippen LogP contribution in [0.3, 0.4) is 0 Å². The van der Waals surface area contributed by atoms with E-state index in [4.69, 9.17) is 0 Å². The third kappa shape index (κ3) is 3.33. The highest BCUT2D eigenvalue weighted by Crippen LogP contribution is 2.37. The van der Waals surface area contributed by atoms with Crippen molar-refractivity contribution in [3.05, 3.63) is 115 Å². The first kappa shape index (κ1) is 19.6. The molecule has 33 heavy (non-hydrogen) atoms. The van der Waals surface area contributed by atoms with Crippen LogP contribution in [0.25, 0.3) is 54.7 Å². The minimum Gasteiger partial charge on any atom is -0.256 e. The maximum atomic E-state index is 13.9. The molecule has 6 rings (SSSR count). The van der Waals surface area contributed by atoms with Gasteiger partial charge in [-0.3, -0.25) is 4.98 Å². The van der Waals surface area contributed by atoms with Crippen molar-refractivity contribution in [3.8, 4) is 22.4 Å². The van der Waals surface area contributed by atoms with Crippen LogP contribution in [0.15, 0.2) is 109 Å². The quantitative estimate of drug-likeness (QED) is 0.255. The van der Waals surface area contributed by atoms with Crippen LogP contribution in [0, 0.1) is 0 Å². The van der Waals surface area contributed by atoms with E-state index in [1.54, 1.807) is 24.4 Å². The average Bonchev–Trinajstić information content (AvgIpc) is 2.87. The van der Waals surface area contributed by atoms with Gasteiger partial charge in [-0.05, 0) is 62.3 Å². The zero-order chi connectivity index (χ0) is 22.4. The van der Waals surface area contributed by atoms with Crippen molar-refractivity contribution in [2.24, 2.45) is 0 Å². The summed E-state index contributed by atoms with van der Waals surface area (Å²) in [5, 5.41) is 5.62. The van der Waals surface area contributed by atoms with Crippen molar-refractivity contribution in [3.63, 3.8) is 0 Å². The number of hydrogen-bond donors (Lipinski definition) is 0. The summed E-state index contributed by atoms with van der Waals surface area (Å²) in [6.07, 6.45) is -0.789. The molecule has 0 amide bonds. The Bertz CT molecular complexity index is 1640. The summed E-state index contributed by atoms with van der Waals surface area (Å²) in [6.45, 7) is 0. The average molecular weight is 431 g/mol. The standard InChI is InChI=1S/C30H19F2N/c31-30(32)28-18-23(16-22-8-4-5-9-24(22)28)29-26-13-12-20-10-11-21(19-6-2-1-3-7-19)17-27(20)25(26)14-15-33-29/h1-18,30H. The normalized spacial score (nSPS) is 11.6. The fourth-order valence-corrected chi connectivity index (χ4v) is 4.68. The van der Waals surface area contributed by atoms with Crippen LogP contribution in [0.1, 0.15) is 12.0 Å². The lowest BCUT2D eigenvalue weighted by Gasteiger charge is -2.13. The van der Waals surface area contributed by atoms with E-state index >= 15 is 0 Å². The zero-order valence-electron chi connectivity index (χ0n) is 17.7. The van der Waals surface area contributed by atoms with Crippen molar-refractivity contribution in [2.45, 2.75) is 6.43 Å². The summed E-state index contributed by atoms with van der Waals surface area (Å²) < 4.78 is 27.8. The molecule has 3 heteroatoms. The first-order valence-electron chi connectivity index (χ1n) is 10.9. The summed E-state index contributed by atoms with van der Waals surface area (Å²) in [5.41, 5.74) is 3.75. The Balaban J connectivity index is 1.61. The van der Waals surface area contributed by atoms with Crippen molar-refractivity contribution in [1.29, 1.82) is 0 Å². The fourth-order valence-electron chi connectivity index (χ4n) is 4.68. The van der Waals surface area contributed by atoms with Gasteiger partial charge in [0.1, 0.15) is 0 Å². The number of benzene rings is 5. The lowest BCUT2D eigenvalue weighted by Crippen LogP contribution is -1.92. The van der Waals surface area contributed by atoms with Crippen LogP contribution in [0.5, 0.6) is 0 Å². The van der Waals surface area contributed by atoms with Gasteiger partial charge >= 0.3 is 0 Å². The largest absolute Gasteiger partial charge is 0.264 e. The fraction of sp³-hybridized carbons (Fsp3) is 0.0333. The number of fused-ring (bicyclic) bond motifs is 4. The predicted octanol–water partition coefficient (Wildman–Crippen LogP) is 8.81. The molecule has 0 atom stereocenters. The maximum absolute atomic E-state index is 13.9. The van der Waals surface area contributed by atoms with Crippen LogP contribution in [0.2, 0.25) is 0 Å². The van der Waals surface area contributed by atoms with Gasteiger partial charge in [-0.2, -0.15) is 0 Å². The van der Waals surface area contributed by atoms with Crippen molar-refractivity contribution >= 4 is 32.3 Å². The third-order valence-corrected chi connectivity index (χ3v) is 6.27. The summed E-state index contributed by atoms with van der Waals surface area (Å²) >= 11 is 0. The Morgan fingerprint density at radius 2 is 1.30 bits per heavy atom. The van der Waals surface area contributed by atoms with Gasteiger partial charge in [-0.15, -0.1) is 0 Å². The molecule has 0 N–H and O–H groups in total. The van der Waals surface area contributed by atoms with Crippen LogP contribution < -0.4 is 0 Å². The van der Waals surface area contributed by atoms with E-state index in [0.717, 1.165) is 38.1 Å². The molecule has 1 aromatic heterocycles. The topological polar surface area (TPSA) is 12.9 Å². The summed E-state index contributed by atoms with van der Waals surface area (Å²) in [6, 6.07) is 33.7. The van der Waals surface area contributed by atoms with Gasteiger partial charge in [0.05, 0.1) is 5.69 Å². The number of alkyl halides is 2. The van der Waals surface area contributed by atoms with Crippen molar-refractivity contribution < 1.29 is 8.78 Å². The lowest BCUT2D eigenvalue weighted by molar-refractivity contribution is 0.153. The number of aromatic nitrogens is 1. The Kier molecular flexibility index (Phi) is 4.62. The molecule has 0 fully saturated rings. The van der Waals surface area contributed by atoms with Crippen molar-refractivity contribution in [2.75, 3.05) is 0 Å². The number of halogens is 2. The van der Waals surface area contributed by atoms with E-state index in [1.165, 1.54) is 0 Å². The molecule has 0 saturated heterocycles. The van der Waals surface area contributed by atoms with E-state index in [1.807, 2.05) is 48.5 Å². The Labute approximate surface area is 190 Å². The Morgan fingerprint density at radius 1 is 0.515 bits per heavy atom. The highest BCUT2D eigenvalue weighted by molar-refractivity contribution is 6.12. The smallest absolute Gasteiger partial charge is 0.256 e. The summed E-state index contributed by atoms with van der Waals surface area (Å²) in [7, 11) is 0. The molecule has 0 radical (unpaired) electrons. The third-order valence-electron chi connectivity index (χ3n) is 6.27. The monoisotopic (exact) mass is 431 g/mol. The maximum Gasteiger partial charge on any atom is 0.264 e. The molecule has 0 unspecified atom stereocenters. The SMILES string of the molecule is FC(F)c1cc(-c2nccc3c2ccc2ccc(-c4ccccc4)cc23)cc2ccccc12. The van der Waals surface area contributed by atoms with Gasteiger partial charge < -0.3 is 0 Å². The minimum atomic E-state index is -2.56. The molecule has 0 aliphatic rings. The van der Waals surface area contributed by atoms with Gasteiger partial charge in [0, 0.05) is 22.7 Å². The predicted molar refractivity (Wildman–Crippen MR) is 133 cm³/mol.